The first kappa shape index (κ1) is 18.9. The molecule has 1 aromatic rings. The molecule has 4 nitrogen and oxygen atoms in total. The molecule has 0 saturated carbocycles. The lowest BCUT2D eigenvalue weighted by Gasteiger charge is -2.34. The van der Waals surface area contributed by atoms with E-state index in [1.165, 1.54) is 6.42 Å². The Bertz CT molecular complexity index is 579. The standard InChI is InChI=1S/C17H27BrN2O2S/c1-14-10-15(2)12-20(11-14)9-3-8-19-23(21,22)13-16-4-6-17(18)7-5-16/h4-7,14-15,19H,3,8-13H2,1-2H3/t14-,15+. The van der Waals surface area contributed by atoms with Crippen molar-refractivity contribution in [1.82, 2.24) is 9.62 Å². The molecule has 0 amide bonds. The van der Waals surface area contributed by atoms with E-state index < -0.39 is 10.0 Å². The lowest BCUT2D eigenvalue weighted by molar-refractivity contribution is 0.140. The van der Waals surface area contributed by atoms with Crippen LogP contribution in [0.15, 0.2) is 28.7 Å². The van der Waals surface area contributed by atoms with Crippen molar-refractivity contribution in [2.75, 3.05) is 26.2 Å². The molecule has 0 aliphatic carbocycles. The molecule has 2 rings (SSSR count). The van der Waals surface area contributed by atoms with Crippen molar-refractivity contribution in [1.29, 1.82) is 0 Å². The fourth-order valence-electron chi connectivity index (χ4n) is 3.36. The Morgan fingerprint density at radius 2 is 1.78 bits per heavy atom. The molecule has 1 heterocycles. The predicted octanol–water partition coefficient (Wildman–Crippen LogP) is 3.24. The molecule has 1 aliphatic rings. The Morgan fingerprint density at radius 1 is 1.17 bits per heavy atom. The summed E-state index contributed by atoms with van der Waals surface area (Å²) in [5.41, 5.74) is 0.805. The number of nitrogens with one attached hydrogen (secondary N) is 1. The van der Waals surface area contributed by atoms with Gasteiger partial charge < -0.3 is 4.90 Å². The van der Waals surface area contributed by atoms with Crippen LogP contribution >= 0.6 is 15.9 Å². The van der Waals surface area contributed by atoms with E-state index in [-0.39, 0.29) is 5.75 Å². The molecule has 0 spiro atoms. The average Bonchev–Trinajstić information content (AvgIpc) is 2.45. The summed E-state index contributed by atoms with van der Waals surface area (Å²) in [7, 11) is -3.26. The van der Waals surface area contributed by atoms with Gasteiger partial charge in [0.2, 0.25) is 10.0 Å². The molecule has 1 aromatic carbocycles. The highest BCUT2D eigenvalue weighted by molar-refractivity contribution is 9.10. The second kappa shape index (κ2) is 8.60. The predicted molar refractivity (Wildman–Crippen MR) is 98.8 cm³/mol. The van der Waals surface area contributed by atoms with Crippen molar-refractivity contribution >= 4 is 26.0 Å². The van der Waals surface area contributed by atoms with Gasteiger partial charge in [-0.25, -0.2) is 13.1 Å². The van der Waals surface area contributed by atoms with Gasteiger partial charge >= 0.3 is 0 Å². The number of nitrogens with zero attached hydrogens (tertiary/aromatic N) is 1. The number of benzene rings is 1. The van der Waals surface area contributed by atoms with Crippen LogP contribution in [-0.4, -0.2) is 39.5 Å². The molecule has 1 aliphatic heterocycles. The topological polar surface area (TPSA) is 49.4 Å². The minimum atomic E-state index is -3.26. The van der Waals surface area contributed by atoms with Crippen LogP contribution in [0.25, 0.3) is 0 Å². The molecule has 0 bridgehead atoms. The number of hydrogen-bond donors (Lipinski definition) is 1. The van der Waals surface area contributed by atoms with Crippen molar-refractivity contribution in [2.45, 2.75) is 32.4 Å². The molecule has 2 atom stereocenters. The molecule has 1 saturated heterocycles. The van der Waals surface area contributed by atoms with Crippen LogP contribution in [0.4, 0.5) is 0 Å². The molecule has 6 heteroatoms. The molecule has 23 heavy (non-hydrogen) atoms. The Balaban J connectivity index is 1.71. The van der Waals surface area contributed by atoms with E-state index in [4.69, 9.17) is 0 Å². The smallest absolute Gasteiger partial charge is 0.215 e. The zero-order valence-corrected chi connectivity index (χ0v) is 16.4. The Kier molecular flexibility index (Phi) is 7.07. The third kappa shape index (κ3) is 6.91. The van der Waals surface area contributed by atoms with Gasteiger partial charge in [0.1, 0.15) is 0 Å². The Hall–Kier alpha value is -0.430. The van der Waals surface area contributed by atoms with Crippen molar-refractivity contribution in [3.63, 3.8) is 0 Å². The van der Waals surface area contributed by atoms with Crippen LogP contribution in [0.1, 0.15) is 32.3 Å². The highest BCUT2D eigenvalue weighted by Crippen LogP contribution is 2.20. The van der Waals surface area contributed by atoms with Gasteiger partial charge in [0.05, 0.1) is 5.75 Å². The largest absolute Gasteiger partial charge is 0.303 e. The van der Waals surface area contributed by atoms with Gasteiger partial charge in [-0.05, 0) is 48.9 Å². The summed E-state index contributed by atoms with van der Waals surface area (Å²) in [6.07, 6.45) is 2.16. The van der Waals surface area contributed by atoms with Gasteiger partial charge in [-0.2, -0.15) is 0 Å². The Morgan fingerprint density at radius 3 is 2.39 bits per heavy atom. The van der Waals surface area contributed by atoms with Gasteiger partial charge in [0, 0.05) is 24.1 Å². The number of hydrogen-bond acceptors (Lipinski definition) is 3. The fourth-order valence-corrected chi connectivity index (χ4v) is 4.81. The maximum Gasteiger partial charge on any atom is 0.215 e. The molecule has 0 radical (unpaired) electrons. The molecular formula is C17H27BrN2O2S. The SMILES string of the molecule is C[C@@H]1C[C@H](C)CN(CCCNS(=O)(=O)Cc2ccc(Br)cc2)C1. The third-order valence-corrected chi connectivity index (χ3v) is 6.07. The van der Waals surface area contributed by atoms with Crippen LogP contribution in [0.2, 0.25) is 0 Å². The van der Waals surface area contributed by atoms with Crippen LogP contribution in [0.5, 0.6) is 0 Å². The van der Waals surface area contributed by atoms with Crippen LogP contribution < -0.4 is 4.72 Å². The summed E-state index contributed by atoms with van der Waals surface area (Å²) in [6.45, 7) is 8.34. The van der Waals surface area contributed by atoms with Gasteiger partial charge in [0.25, 0.3) is 0 Å². The van der Waals surface area contributed by atoms with Crippen molar-refractivity contribution in [3.05, 3.63) is 34.3 Å². The van der Waals surface area contributed by atoms with E-state index in [0.29, 0.717) is 6.54 Å². The summed E-state index contributed by atoms with van der Waals surface area (Å²) in [6, 6.07) is 7.40. The van der Waals surface area contributed by atoms with E-state index in [9.17, 15) is 8.42 Å². The lowest BCUT2D eigenvalue weighted by atomic mass is 9.92. The van der Waals surface area contributed by atoms with Crippen LogP contribution in [0, 0.1) is 11.8 Å². The zero-order chi connectivity index (χ0) is 16.9. The molecule has 0 unspecified atom stereocenters. The third-order valence-electron chi connectivity index (χ3n) is 4.19. The summed E-state index contributed by atoms with van der Waals surface area (Å²) < 4.78 is 27.9. The lowest BCUT2D eigenvalue weighted by Crippen LogP contribution is -2.40. The number of halogens is 1. The Labute approximate surface area is 148 Å². The average molecular weight is 403 g/mol. The highest BCUT2D eigenvalue weighted by atomic mass is 79.9. The number of rotatable bonds is 7. The maximum absolute atomic E-state index is 12.1. The molecule has 0 aromatic heterocycles. The van der Waals surface area contributed by atoms with E-state index in [2.05, 4.69) is 39.4 Å². The molecule has 1 N–H and O–H groups in total. The highest BCUT2D eigenvalue weighted by Gasteiger charge is 2.21. The second-order valence-electron chi connectivity index (χ2n) is 6.84. The monoisotopic (exact) mass is 402 g/mol. The quantitative estimate of drug-likeness (QED) is 0.712. The summed E-state index contributed by atoms with van der Waals surface area (Å²) in [5, 5.41) is 0. The summed E-state index contributed by atoms with van der Waals surface area (Å²) in [5.74, 6) is 1.53. The summed E-state index contributed by atoms with van der Waals surface area (Å²) >= 11 is 3.35. The molecule has 130 valence electrons. The van der Waals surface area contributed by atoms with Gasteiger partial charge in [-0.15, -0.1) is 0 Å². The van der Waals surface area contributed by atoms with Crippen molar-refractivity contribution in [3.8, 4) is 0 Å². The van der Waals surface area contributed by atoms with E-state index in [1.807, 2.05) is 24.3 Å². The van der Waals surface area contributed by atoms with Gasteiger partial charge in [0.15, 0.2) is 0 Å². The number of piperidine rings is 1. The maximum atomic E-state index is 12.1. The van der Waals surface area contributed by atoms with Crippen LogP contribution in [0.3, 0.4) is 0 Å². The van der Waals surface area contributed by atoms with E-state index in [0.717, 1.165) is 47.9 Å². The van der Waals surface area contributed by atoms with E-state index in [1.54, 1.807) is 0 Å². The minimum absolute atomic E-state index is 0.0397. The fraction of sp³-hybridized carbons (Fsp3) is 0.647. The normalized spacial score (nSPS) is 23.1. The van der Waals surface area contributed by atoms with Gasteiger partial charge in [-0.3, -0.25) is 0 Å². The second-order valence-corrected chi connectivity index (χ2v) is 9.56. The zero-order valence-electron chi connectivity index (χ0n) is 14.0. The number of likely N-dealkylation sites (tertiary alicyclic amines) is 1. The first-order valence-electron chi connectivity index (χ1n) is 8.28. The minimum Gasteiger partial charge on any atom is -0.303 e. The summed E-state index contributed by atoms with van der Waals surface area (Å²) in [4.78, 5) is 2.46. The molecule has 1 fully saturated rings. The van der Waals surface area contributed by atoms with Crippen LogP contribution in [-0.2, 0) is 15.8 Å². The van der Waals surface area contributed by atoms with Crippen molar-refractivity contribution in [2.24, 2.45) is 11.8 Å². The van der Waals surface area contributed by atoms with Gasteiger partial charge in [-0.1, -0.05) is 41.9 Å². The first-order valence-corrected chi connectivity index (χ1v) is 10.7. The van der Waals surface area contributed by atoms with Crippen molar-refractivity contribution < 1.29 is 8.42 Å². The van der Waals surface area contributed by atoms with E-state index >= 15 is 0 Å². The number of sulfonamides is 1. The first-order chi connectivity index (χ1) is 10.8. The molecular weight excluding hydrogens is 376 g/mol.